The van der Waals surface area contributed by atoms with Gasteiger partial charge in [0.15, 0.2) is 5.41 Å². The van der Waals surface area contributed by atoms with Crippen LogP contribution in [0.3, 0.4) is 0 Å². The standard InChI is InChI=1S/C17H17N5O4/c1-3-25-17(26-4-2)16(10-19)13(15(16,9-18)14(20)21-17)11-7-5-6-8-12(11)22(23)24/h5-8,13H,3-4H2,1-2H3,(H2,20,21)/t13-,15-,16-/m1/s1. The number of fused-ring (bicyclic) bond motifs is 1. The summed E-state index contributed by atoms with van der Waals surface area (Å²) in [4.78, 5) is 15.1. The molecule has 0 aromatic heterocycles. The molecule has 2 N–H and O–H groups in total. The van der Waals surface area contributed by atoms with Gasteiger partial charge in [-0.2, -0.15) is 10.5 Å². The molecule has 0 spiro atoms. The van der Waals surface area contributed by atoms with Crippen LogP contribution in [-0.4, -0.2) is 29.9 Å². The van der Waals surface area contributed by atoms with Gasteiger partial charge < -0.3 is 15.2 Å². The minimum Gasteiger partial charge on any atom is -0.386 e. The van der Waals surface area contributed by atoms with E-state index in [2.05, 4.69) is 17.1 Å². The van der Waals surface area contributed by atoms with E-state index in [9.17, 15) is 20.6 Å². The van der Waals surface area contributed by atoms with Crippen molar-refractivity contribution in [3.05, 3.63) is 39.9 Å². The van der Waals surface area contributed by atoms with Crippen LogP contribution in [0.4, 0.5) is 5.69 Å². The lowest BCUT2D eigenvalue weighted by Crippen LogP contribution is -2.43. The van der Waals surface area contributed by atoms with E-state index in [4.69, 9.17) is 15.2 Å². The number of ether oxygens (including phenoxy) is 2. The average Bonchev–Trinajstić information content (AvgIpc) is 3.20. The van der Waals surface area contributed by atoms with Crippen molar-refractivity contribution in [3.63, 3.8) is 0 Å². The number of rotatable bonds is 6. The number of aliphatic imine (C=N–C) groups is 1. The molecule has 0 amide bonds. The zero-order valence-corrected chi connectivity index (χ0v) is 14.3. The van der Waals surface area contributed by atoms with Gasteiger partial charge in [0.05, 0.1) is 17.1 Å². The van der Waals surface area contributed by atoms with Crippen molar-refractivity contribution in [1.29, 1.82) is 10.5 Å². The van der Waals surface area contributed by atoms with Crippen LogP contribution in [0, 0.1) is 43.6 Å². The lowest BCUT2D eigenvalue weighted by Gasteiger charge is -2.31. The van der Waals surface area contributed by atoms with Crippen molar-refractivity contribution < 1.29 is 14.4 Å². The molecule has 0 bridgehead atoms. The van der Waals surface area contributed by atoms with Gasteiger partial charge in [-0.05, 0) is 13.8 Å². The highest BCUT2D eigenvalue weighted by Crippen LogP contribution is 2.82. The molecule has 9 nitrogen and oxygen atoms in total. The molecular weight excluding hydrogens is 338 g/mol. The summed E-state index contributed by atoms with van der Waals surface area (Å²) in [6.45, 7) is 3.72. The van der Waals surface area contributed by atoms with Crippen molar-refractivity contribution in [2.75, 3.05) is 13.2 Å². The Kier molecular flexibility index (Phi) is 3.95. The minimum atomic E-state index is -1.78. The van der Waals surface area contributed by atoms with Gasteiger partial charge in [0.25, 0.3) is 11.6 Å². The number of nitriles is 2. The summed E-state index contributed by atoms with van der Waals surface area (Å²) >= 11 is 0. The molecule has 1 aromatic carbocycles. The third kappa shape index (κ3) is 1.76. The number of amidine groups is 1. The largest absolute Gasteiger partial charge is 0.386 e. The lowest BCUT2D eigenvalue weighted by molar-refractivity contribution is -0.385. The first kappa shape index (κ1) is 17.8. The summed E-state index contributed by atoms with van der Waals surface area (Å²) in [6.07, 6.45) is 0. The molecule has 1 aliphatic carbocycles. The number of hydrogen-bond donors (Lipinski definition) is 1. The van der Waals surface area contributed by atoms with Gasteiger partial charge in [0, 0.05) is 30.8 Å². The maximum Gasteiger partial charge on any atom is 0.293 e. The quantitative estimate of drug-likeness (QED) is 0.464. The summed E-state index contributed by atoms with van der Waals surface area (Å²) in [7, 11) is 0. The molecule has 2 aliphatic rings. The van der Waals surface area contributed by atoms with Crippen LogP contribution in [0.1, 0.15) is 25.3 Å². The number of para-hydroxylation sites is 1. The van der Waals surface area contributed by atoms with E-state index >= 15 is 0 Å². The van der Waals surface area contributed by atoms with Crippen LogP contribution >= 0.6 is 0 Å². The Morgan fingerprint density at radius 1 is 1.27 bits per heavy atom. The summed E-state index contributed by atoms with van der Waals surface area (Å²) in [6, 6.07) is 10.2. The number of benzene rings is 1. The molecule has 1 saturated carbocycles. The van der Waals surface area contributed by atoms with Crippen LogP contribution in [0.15, 0.2) is 29.3 Å². The van der Waals surface area contributed by atoms with Crippen LogP contribution in [0.5, 0.6) is 0 Å². The number of nitro benzene ring substituents is 1. The first-order valence-corrected chi connectivity index (χ1v) is 8.12. The van der Waals surface area contributed by atoms with Crippen molar-refractivity contribution in [3.8, 4) is 12.1 Å². The summed E-state index contributed by atoms with van der Waals surface area (Å²) in [5.74, 6) is -2.77. The SMILES string of the molecule is CCOC1(OCC)N=C(N)[C@@]2(C#N)[C@@H](c3ccccc3[N+](=O)[O-])[C@@]12C#N. The molecular formula is C17H17N5O4. The zero-order chi connectivity index (χ0) is 19.2. The second kappa shape index (κ2) is 5.77. The molecule has 26 heavy (non-hydrogen) atoms. The Hall–Kier alpha value is -3.01. The maximum absolute atomic E-state index is 11.5. The summed E-state index contributed by atoms with van der Waals surface area (Å²) in [5, 5.41) is 31.5. The minimum absolute atomic E-state index is 0.105. The van der Waals surface area contributed by atoms with Gasteiger partial charge in [0.1, 0.15) is 11.3 Å². The zero-order valence-electron chi connectivity index (χ0n) is 14.3. The molecule has 1 aromatic rings. The predicted molar refractivity (Wildman–Crippen MR) is 89.5 cm³/mol. The highest BCUT2D eigenvalue weighted by molar-refractivity contribution is 6.00. The van der Waals surface area contributed by atoms with Gasteiger partial charge in [-0.15, -0.1) is 0 Å². The molecule has 1 fully saturated rings. The fourth-order valence-corrected chi connectivity index (χ4v) is 4.11. The molecule has 0 unspecified atom stereocenters. The number of nitro groups is 1. The molecule has 3 rings (SSSR count). The third-order valence-electron chi connectivity index (χ3n) is 5.05. The average molecular weight is 355 g/mol. The summed E-state index contributed by atoms with van der Waals surface area (Å²) in [5.41, 5.74) is 2.97. The van der Waals surface area contributed by atoms with Gasteiger partial charge in [0.2, 0.25) is 0 Å². The fourth-order valence-electron chi connectivity index (χ4n) is 4.11. The molecule has 0 radical (unpaired) electrons. The summed E-state index contributed by atoms with van der Waals surface area (Å²) < 4.78 is 11.4. The van der Waals surface area contributed by atoms with E-state index in [0.717, 1.165) is 0 Å². The molecule has 9 heteroatoms. The van der Waals surface area contributed by atoms with Crippen LogP contribution < -0.4 is 5.73 Å². The molecule has 134 valence electrons. The number of nitrogens with zero attached hydrogens (tertiary/aromatic N) is 4. The lowest BCUT2D eigenvalue weighted by atomic mass is 9.93. The highest BCUT2D eigenvalue weighted by Gasteiger charge is 2.94. The topological polar surface area (TPSA) is 148 Å². The number of hydrogen-bond acceptors (Lipinski definition) is 8. The first-order chi connectivity index (χ1) is 12.4. The van der Waals surface area contributed by atoms with E-state index in [0.29, 0.717) is 0 Å². The van der Waals surface area contributed by atoms with E-state index in [1.807, 2.05) is 0 Å². The van der Waals surface area contributed by atoms with Gasteiger partial charge >= 0.3 is 0 Å². The predicted octanol–water partition coefficient (Wildman–Crippen LogP) is 1.81. The molecule has 0 saturated heterocycles. The van der Waals surface area contributed by atoms with Crippen molar-refractivity contribution >= 4 is 11.5 Å². The first-order valence-electron chi connectivity index (χ1n) is 8.12. The van der Waals surface area contributed by atoms with Gasteiger partial charge in [-0.1, -0.05) is 18.2 Å². The second-order valence-electron chi connectivity index (χ2n) is 6.03. The van der Waals surface area contributed by atoms with E-state index in [-0.39, 0.29) is 30.3 Å². The maximum atomic E-state index is 11.5. The van der Waals surface area contributed by atoms with Crippen LogP contribution in [0.25, 0.3) is 0 Å². The van der Waals surface area contributed by atoms with Crippen LogP contribution in [-0.2, 0) is 9.47 Å². The highest BCUT2D eigenvalue weighted by atomic mass is 16.7. The van der Waals surface area contributed by atoms with Crippen molar-refractivity contribution in [2.24, 2.45) is 21.6 Å². The van der Waals surface area contributed by atoms with Crippen molar-refractivity contribution in [2.45, 2.75) is 25.7 Å². The third-order valence-corrected chi connectivity index (χ3v) is 5.05. The Bertz CT molecular complexity index is 880. The normalized spacial score (nSPS) is 30.6. The molecule has 3 atom stereocenters. The fraction of sp³-hybridized carbons (Fsp3) is 0.471. The van der Waals surface area contributed by atoms with Crippen LogP contribution in [0.2, 0.25) is 0 Å². The number of nitrogens with two attached hydrogens (primary N) is 1. The second-order valence-corrected chi connectivity index (χ2v) is 6.03. The Morgan fingerprint density at radius 2 is 1.88 bits per heavy atom. The molecule has 1 heterocycles. The monoisotopic (exact) mass is 355 g/mol. The van der Waals surface area contributed by atoms with E-state index < -0.39 is 27.6 Å². The van der Waals surface area contributed by atoms with E-state index in [1.54, 1.807) is 19.9 Å². The van der Waals surface area contributed by atoms with E-state index in [1.165, 1.54) is 18.2 Å². The van der Waals surface area contributed by atoms with Gasteiger partial charge in [-0.3, -0.25) is 10.1 Å². The molecule has 1 aliphatic heterocycles. The smallest absolute Gasteiger partial charge is 0.293 e. The van der Waals surface area contributed by atoms with Gasteiger partial charge in [-0.25, -0.2) is 4.99 Å². The Morgan fingerprint density at radius 3 is 2.38 bits per heavy atom. The van der Waals surface area contributed by atoms with Crippen molar-refractivity contribution in [1.82, 2.24) is 0 Å². The Labute approximate surface area is 149 Å². The Balaban J connectivity index is 2.28.